The van der Waals surface area contributed by atoms with Gasteiger partial charge in [0.1, 0.15) is 11.9 Å². The summed E-state index contributed by atoms with van der Waals surface area (Å²) in [7, 11) is 1.60. The second-order valence-electron chi connectivity index (χ2n) is 3.16. The number of aliphatic hydroxyl groups is 2. The lowest BCUT2D eigenvalue weighted by molar-refractivity contribution is -0.000398. The lowest BCUT2D eigenvalue weighted by Crippen LogP contribution is -2.19. The molecule has 84 valence electrons. The van der Waals surface area contributed by atoms with Crippen molar-refractivity contribution < 1.29 is 19.7 Å². The van der Waals surface area contributed by atoms with Crippen LogP contribution < -0.4 is 4.74 Å². The first-order valence-electron chi connectivity index (χ1n) is 4.76. The first kappa shape index (κ1) is 12.0. The Hall–Kier alpha value is -1.10. The van der Waals surface area contributed by atoms with Crippen molar-refractivity contribution in [3.63, 3.8) is 0 Å². The van der Waals surface area contributed by atoms with E-state index < -0.39 is 6.10 Å². The van der Waals surface area contributed by atoms with Gasteiger partial charge in [0.15, 0.2) is 0 Å². The van der Waals surface area contributed by atoms with Gasteiger partial charge in [-0.05, 0) is 6.07 Å². The quantitative estimate of drug-likeness (QED) is 0.723. The number of hydrogen-bond donors (Lipinski definition) is 2. The highest BCUT2D eigenvalue weighted by Gasteiger charge is 2.04. The minimum atomic E-state index is -0.820. The van der Waals surface area contributed by atoms with Gasteiger partial charge in [0.2, 0.25) is 0 Å². The molecule has 4 heteroatoms. The molecule has 0 heterocycles. The molecule has 0 unspecified atom stereocenters. The Morgan fingerprint density at radius 3 is 2.73 bits per heavy atom. The molecule has 0 amide bonds. The van der Waals surface area contributed by atoms with Gasteiger partial charge in [-0.1, -0.05) is 18.2 Å². The van der Waals surface area contributed by atoms with Crippen molar-refractivity contribution in [2.24, 2.45) is 0 Å². The van der Waals surface area contributed by atoms with Crippen molar-refractivity contribution in [3.8, 4) is 5.75 Å². The average Bonchev–Trinajstić information content (AvgIpc) is 2.29. The van der Waals surface area contributed by atoms with Gasteiger partial charge >= 0.3 is 0 Å². The lowest BCUT2D eigenvalue weighted by atomic mass is 10.2. The Kier molecular flexibility index (Phi) is 5.10. The van der Waals surface area contributed by atoms with Crippen LogP contribution in [0.25, 0.3) is 0 Å². The minimum Gasteiger partial charge on any atom is -0.496 e. The maximum Gasteiger partial charge on any atom is 0.124 e. The molecule has 0 fully saturated rings. The van der Waals surface area contributed by atoms with Gasteiger partial charge in [0, 0.05) is 5.56 Å². The van der Waals surface area contributed by atoms with E-state index in [0.717, 1.165) is 11.3 Å². The zero-order valence-electron chi connectivity index (χ0n) is 8.72. The predicted molar refractivity (Wildman–Crippen MR) is 55.7 cm³/mol. The van der Waals surface area contributed by atoms with Gasteiger partial charge in [0.25, 0.3) is 0 Å². The molecular formula is C11H16O4. The van der Waals surface area contributed by atoms with Crippen molar-refractivity contribution in [1.29, 1.82) is 0 Å². The van der Waals surface area contributed by atoms with E-state index in [1.807, 2.05) is 24.3 Å². The van der Waals surface area contributed by atoms with Gasteiger partial charge in [-0.25, -0.2) is 0 Å². The molecule has 0 radical (unpaired) electrons. The normalized spacial score (nSPS) is 12.5. The van der Waals surface area contributed by atoms with Crippen LogP contribution in [0, 0.1) is 0 Å². The first-order chi connectivity index (χ1) is 7.27. The van der Waals surface area contributed by atoms with Gasteiger partial charge < -0.3 is 19.7 Å². The second kappa shape index (κ2) is 6.40. The lowest BCUT2D eigenvalue weighted by Gasteiger charge is -2.10. The minimum absolute atomic E-state index is 0.120. The standard InChI is InChI=1S/C11H16O4/c1-14-11-5-3-2-4-9(11)7-15-8-10(13)6-12/h2-5,10,12-13H,6-8H2,1H3/t10-/m1/s1. The first-order valence-corrected chi connectivity index (χ1v) is 4.76. The summed E-state index contributed by atoms with van der Waals surface area (Å²) < 4.78 is 10.4. The summed E-state index contributed by atoms with van der Waals surface area (Å²) in [6.07, 6.45) is -0.820. The fourth-order valence-corrected chi connectivity index (χ4v) is 1.18. The number of hydrogen-bond acceptors (Lipinski definition) is 4. The zero-order chi connectivity index (χ0) is 11.1. The maximum absolute atomic E-state index is 9.06. The Labute approximate surface area is 89.1 Å². The molecule has 4 nitrogen and oxygen atoms in total. The monoisotopic (exact) mass is 212 g/mol. The number of methoxy groups -OCH3 is 1. The van der Waals surface area contributed by atoms with E-state index in [1.54, 1.807) is 7.11 Å². The van der Waals surface area contributed by atoms with Crippen LogP contribution in [0.4, 0.5) is 0 Å². The third kappa shape index (κ3) is 3.87. The van der Waals surface area contributed by atoms with Gasteiger partial charge in [-0.3, -0.25) is 0 Å². The second-order valence-corrected chi connectivity index (χ2v) is 3.16. The molecule has 0 aliphatic rings. The van der Waals surface area contributed by atoms with Crippen molar-refractivity contribution in [2.75, 3.05) is 20.3 Å². The molecule has 1 rings (SSSR count). The van der Waals surface area contributed by atoms with Crippen LogP contribution in [0.5, 0.6) is 5.75 Å². The molecule has 0 aliphatic heterocycles. The molecule has 1 atom stereocenters. The summed E-state index contributed by atoms with van der Waals surface area (Å²) in [4.78, 5) is 0. The summed E-state index contributed by atoms with van der Waals surface area (Å²) >= 11 is 0. The molecule has 0 bridgehead atoms. The van der Waals surface area contributed by atoms with E-state index in [-0.39, 0.29) is 13.2 Å². The van der Waals surface area contributed by atoms with E-state index in [0.29, 0.717) is 6.61 Å². The van der Waals surface area contributed by atoms with E-state index in [4.69, 9.17) is 19.7 Å². The van der Waals surface area contributed by atoms with Crippen molar-refractivity contribution in [1.82, 2.24) is 0 Å². The molecule has 1 aromatic rings. The maximum atomic E-state index is 9.06. The topological polar surface area (TPSA) is 58.9 Å². The summed E-state index contributed by atoms with van der Waals surface area (Å²) in [5.41, 5.74) is 0.921. The van der Waals surface area contributed by atoms with Crippen molar-refractivity contribution >= 4 is 0 Å². The molecule has 2 N–H and O–H groups in total. The molecule has 15 heavy (non-hydrogen) atoms. The molecule has 1 aromatic carbocycles. The zero-order valence-corrected chi connectivity index (χ0v) is 8.72. The van der Waals surface area contributed by atoms with Crippen LogP contribution in [-0.4, -0.2) is 36.6 Å². The van der Waals surface area contributed by atoms with Crippen LogP contribution in [0.2, 0.25) is 0 Å². The fourth-order valence-electron chi connectivity index (χ4n) is 1.18. The third-order valence-electron chi connectivity index (χ3n) is 1.97. The molecule has 0 saturated carbocycles. The van der Waals surface area contributed by atoms with E-state index in [2.05, 4.69) is 0 Å². The Morgan fingerprint density at radius 1 is 1.33 bits per heavy atom. The van der Waals surface area contributed by atoms with E-state index >= 15 is 0 Å². The smallest absolute Gasteiger partial charge is 0.124 e. The van der Waals surface area contributed by atoms with Crippen molar-refractivity contribution in [3.05, 3.63) is 29.8 Å². The van der Waals surface area contributed by atoms with Crippen LogP contribution in [-0.2, 0) is 11.3 Å². The third-order valence-corrected chi connectivity index (χ3v) is 1.97. The predicted octanol–water partition coefficient (Wildman–Crippen LogP) is 0.565. The number of ether oxygens (including phenoxy) is 2. The Bertz CT molecular complexity index is 288. The number of rotatable bonds is 6. The average molecular weight is 212 g/mol. The Morgan fingerprint density at radius 2 is 2.07 bits per heavy atom. The van der Waals surface area contributed by atoms with Gasteiger partial charge in [0.05, 0.1) is 26.9 Å². The van der Waals surface area contributed by atoms with Gasteiger partial charge in [-0.2, -0.15) is 0 Å². The summed E-state index contributed by atoms with van der Waals surface area (Å²) in [6, 6.07) is 7.51. The summed E-state index contributed by atoms with van der Waals surface area (Å²) in [5, 5.41) is 17.6. The van der Waals surface area contributed by atoms with Gasteiger partial charge in [-0.15, -0.1) is 0 Å². The molecular weight excluding hydrogens is 196 g/mol. The van der Waals surface area contributed by atoms with Crippen LogP contribution >= 0.6 is 0 Å². The summed E-state index contributed by atoms with van der Waals surface area (Å²) in [6.45, 7) is 0.196. The van der Waals surface area contributed by atoms with Crippen LogP contribution in [0.3, 0.4) is 0 Å². The summed E-state index contributed by atoms with van der Waals surface area (Å²) in [5.74, 6) is 0.760. The number of para-hydroxylation sites is 1. The van der Waals surface area contributed by atoms with Crippen LogP contribution in [0.1, 0.15) is 5.56 Å². The SMILES string of the molecule is COc1ccccc1COC[C@H](O)CO. The van der Waals surface area contributed by atoms with Crippen molar-refractivity contribution in [2.45, 2.75) is 12.7 Å². The van der Waals surface area contributed by atoms with E-state index in [1.165, 1.54) is 0 Å². The highest BCUT2D eigenvalue weighted by atomic mass is 16.5. The number of aliphatic hydroxyl groups excluding tert-OH is 2. The fraction of sp³-hybridized carbons (Fsp3) is 0.455. The molecule has 0 aromatic heterocycles. The highest BCUT2D eigenvalue weighted by Crippen LogP contribution is 2.17. The van der Waals surface area contributed by atoms with E-state index in [9.17, 15) is 0 Å². The van der Waals surface area contributed by atoms with Crippen LogP contribution in [0.15, 0.2) is 24.3 Å². The molecule has 0 spiro atoms. The molecule has 0 saturated heterocycles. The molecule has 0 aliphatic carbocycles. The Balaban J connectivity index is 2.43. The highest BCUT2D eigenvalue weighted by molar-refractivity contribution is 5.32. The largest absolute Gasteiger partial charge is 0.496 e. The number of benzene rings is 1.